The van der Waals surface area contributed by atoms with Crippen LogP contribution in [0.3, 0.4) is 0 Å². The summed E-state index contributed by atoms with van der Waals surface area (Å²) < 4.78 is 50.9. The van der Waals surface area contributed by atoms with Crippen LogP contribution < -0.4 is 15.8 Å². The second-order valence-corrected chi connectivity index (χ2v) is 7.48. The molecule has 154 valence electrons. The monoisotopic (exact) mass is 410 g/mol. The molecular weight excluding hydrogens is 385 g/mol. The van der Waals surface area contributed by atoms with Crippen molar-refractivity contribution >= 4 is 18.3 Å². The molecule has 1 fully saturated rings. The van der Waals surface area contributed by atoms with Crippen molar-refractivity contribution in [1.29, 1.82) is 0 Å². The lowest BCUT2D eigenvalue weighted by molar-refractivity contribution is -0.139. The highest BCUT2D eigenvalue weighted by Crippen LogP contribution is 2.35. The van der Waals surface area contributed by atoms with Crippen molar-refractivity contribution in [3.8, 4) is 5.75 Å². The first-order valence-corrected chi connectivity index (χ1v) is 8.45. The summed E-state index contributed by atoms with van der Waals surface area (Å²) in [6.07, 6.45) is -3.89. The predicted octanol–water partition coefficient (Wildman–Crippen LogP) is 3.43. The minimum absolute atomic E-state index is 0. The molecule has 1 saturated heterocycles. The Bertz CT molecular complexity index is 654. The van der Waals surface area contributed by atoms with Crippen LogP contribution in [0, 0.1) is 0 Å². The number of hydrogen-bond donors (Lipinski definition) is 2. The molecule has 0 atom stereocenters. The number of nitrogens with one attached hydrogen (secondary N) is 1. The summed E-state index contributed by atoms with van der Waals surface area (Å²) in [4.78, 5) is 12.3. The molecule has 1 amide bonds. The highest BCUT2D eigenvalue weighted by Gasteiger charge is 2.37. The lowest BCUT2D eigenvalue weighted by Gasteiger charge is -2.32. The van der Waals surface area contributed by atoms with E-state index < -0.39 is 28.8 Å². The van der Waals surface area contributed by atoms with Crippen LogP contribution in [0.2, 0.25) is 0 Å². The fourth-order valence-corrected chi connectivity index (χ4v) is 2.70. The Morgan fingerprint density at radius 1 is 1.26 bits per heavy atom. The Hall–Kier alpha value is -1.51. The molecule has 0 saturated carbocycles. The molecular formula is C18H26ClF3N2O3. The molecule has 1 aliphatic rings. The molecule has 0 radical (unpaired) electrons. The van der Waals surface area contributed by atoms with E-state index in [-0.39, 0.29) is 30.3 Å². The van der Waals surface area contributed by atoms with Crippen molar-refractivity contribution in [1.82, 2.24) is 5.32 Å². The number of halogens is 4. The molecule has 0 aliphatic carbocycles. The van der Waals surface area contributed by atoms with Crippen LogP contribution in [0.4, 0.5) is 13.2 Å². The maximum Gasteiger partial charge on any atom is 0.416 e. The zero-order chi connectivity index (χ0) is 19.6. The minimum atomic E-state index is -4.56. The van der Waals surface area contributed by atoms with Crippen LogP contribution in [0.5, 0.6) is 5.75 Å². The molecule has 0 aromatic heterocycles. The largest absolute Gasteiger partial charge is 0.488 e. The third-order valence-corrected chi connectivity index (χ3v) is 4.09. The second-order valence-electron chi connectivity index (χ2n) is 7.48. The maximum atomic E-state index is 13.4. The van der Waals surface area contributed by atoms with E-state index in [1.807, 2.05) is 0 Å². The first kappa shape index (κ1) is 23.5. The number of benzene rings is 1. The zero-order valence-electron chi connectivity index (χ0n) is 15.6. The summed E-state index contributed by atoms with van der Waals surface area (Å²) in [6, 6.07) is 3.74. The number of alkyl halides is 3. The van der Waals surface area contributed by atoms with E-state index in [0.717, 1.165) is 6.07 Å². The average Bonchev–Trinajstić information content (AvgIpc) is 2.51. The van der Waals surface area contributed by atoms with Gasteiger partial charge < -0.3 is 20.5 Å². The number of ether oxygens (including phenoxy) is 2. The second kappa shape index (κ2) is 8.67. The van der Waals surface area contributed by atoms with E-state index in [1.54, 1.807) is 20.8 Å². The van der Waals surface area contributed by atoms with Crippen LogP contribution in [0.1, 0.15) is 44.7 Å². The molecule has 1 heterocycles. The van der Waals surface area contributed by atoms with Crippen molar-refractivity contribution in [3.63, 3.8) is 0 Å². The summed E-state index contributed by atoms with van der Waals surface area (Å²) in [6.45, 7) is 5.71. The minimum Gasteiger partial charge on any atom is -0.488 e. The Labute approximate surface area is 163 Å². The fraction of sp³-hybridized carbons (Fsp3) is 0.611. The van der Waals surface area contributed by atoms with Gasteiger partial charge in [-0.1, -0.05) is 6.07 Å². The average molecular weight is 411 g/mol. The van der Waals surface area contributed by atoms with Crippen molar-refractivity contribution in [2.75, 3.05) is 13.2 Å². The van der Waals surface area contributed by atoms with Gasteiger partial charge in [-0.3, -0.25) is 4.79 Å². The van der Waals surface area contributed by atoms with Crippen molar-refractivity contribution in [2.24, 2.45) is 5.73 Å². The van der Waals surface area contributed by atoms with Gasteiger partial charge in [0, 0.05) is 19.8 Å². The first-order valence-electron chi connectivity index (χ1n) is 8.45. The SMILES string of the molecule is CC(C)(C)Oc1ccc(CNC(=O)C2(N)CCOCC2)c(C(F)(F)F)c1.Cl. The van der Waals surface area contributed by atoms with Gasteiger partial charge in [-0.15, -0.1) is 12.4 Å². The Morgan fingerprint density at radius 3 is 2.37 bits per heavy atom. The summed E-state index contributed by atoms with van der Waals surface area (Å²) >= 11 is 0. The van der Waals surface area contributed by atoms with E-state index in [2.05, 4.69) is 5.32 Å². The molecule has 9 heteroatoms. The van der Waals surface area contributed by atoms with Crippen LogP contribution in [0.15, 0.2) is 18.2 Å². The van der Waals surface area contributed by atoms with Gasteiger partial charge in [-0.25, -0.2) is 0 Å². The summed E-state index contributed by atoms with van der Waals surface area (Å²) in [5, 5.41) is 2.53. The molecule has 5 nitrogen and oxygen atoms in total. The number of carbonyl (C=O) groups excluding carboxylic acids is 1. The van der Waals surface area contributed by atoms with Crippen molar-refractivity contribution in [2.45, 2.75) is 57.5 Å². The molecule has 1 aromatic carbocycles. The number of hydrogen-bond acceptors (Lipinski definition) is 4. The van der Waals surface area contributed by atoms with Crippen LogP contribution in [-0.4, -0.2) is 30.3 Å². The van der Waals surface area contributed by atoms with Crippen LogP contribution >= 0.6 is 12.4 Å². The highest BCUT2D eigenvalue weighted by molar-refractivity contribution is 5.86. The summed E-state index contributed by atoms with van der Waals surface area (Å²) in [5.74, 6) is -0.344. The van der Waals surface area contributed by atoms with Crippen molar-refractivity contribution < 1.29 is 27.4 Å². The topological polar surface area (TPSA) is 73.6 Å². The molecule has 0 unspecified atom stereocenters. The Morgan fingerprint density at radius 2 is 1.85 bits per heavy atom. The van der Waals surface area contributed by atoms with Crippen LogP contribution in [0.25, 0.3) is 0 Å². The molecule has 27 heavy (non-hydrogen) atoms. The molecule has 0 bridgehead atoms. The number of rotatable bonds is 4. The third-order valence-electron chi connectivity index (χ3n) is 4.09. The van der Waals surface area contributed by atoms with E-state index in [0.29, 0.717) is 26.1 Å². The lowest BCUT2D eigenvalue weighted by Crippen LogP contribution is -2.56. The first-order chi connectivity index (χ1) is 11.9. The standard InChI is InChI=1S/C18H25F3N2O3.ClH/c1-16(2,3)26-13-5-4-12(14(10-13)18(19,20)21)11-23-15(24)17(22)6-8-25-9-7-17;/h4-5,10H,6-9,11,22H2,1-3H3,(H,23,24);1H. The fourth-order valence-electron chi connectivity index (χ4n) is 2.70. The van der Waals surface area contributed by atoms with Crippen LogP contribution in [-0.2, 0) is 22.3 Å². The predicted molar refractivity (Wildman–Crippen MR) is 97.9 cm³/mol. The van der Waals surface area contributed by atoms with Gasteiger partial charge in [-0.2, -0.15) is 13.2 Å². The zero-order valence-corrected chi connectivity index (χ0v) is 16.4. The maximum absolute atomic E-state index is 13.4. The molecule has 0 spiro atoms. The quantitative estimate of drug-likeness (QED) is 0.797. The third kappa shape index (κ3) is 6.55. The summed E-state index contributed by atoms with van der Waals surface area (Å²) in [5.41, 5.74) is 3.45. The highest BCUT2D eigenvalue weighted by atomic mass is 35.5. The number of nitrogens with two attached hydrogens (primary N) is 1. The lowest BCUT2D eigenvalue weighted by atomic mass is 9.90. The molecule has 2 rings (SSSR count). The molecule has 1 aliphatic heterocycles. The molecule has 3 N–H and O–H groups in total. The number of amides is 1. The van der Waals surface area contributed by atoms with E-state index in [1.165, 1.54) is 12.1 Å². The van der Waals surface area contributed by atoms with Gasteiger partial charge in [0.25, 0.3) is 0 Å². The Kier molecular flexibility index (Phi) is 7.55. The Balaban J connectivity index is 0.00000364. The van der Waals surface area contributed by atoms with Gasteiger partial charge >= 0.3 is 6.18 Å². The molecule has 1 aromatic rings. The van der Waals surface area contributed by atoms with Gasteiger partial charge in [-0.05, 0) is 51.3 Å². The van der Waals surface area contributed by atoms with Gasteiger partial charge in [0.05, 0.1) is 11.1 Å². The van der Waals surface area contributed by atoms with E-state index in [4.69, 9.17) is 15.2 Å². The van der Waals surface area contributed by atoms with Gasteiger partial charge in [0.1, 0.15) is 11.4 Å². The van der Waals surface area contributed by atoms with Crippen molar-refractivity contribution in [3.05, 3.63) is 29.3 Å². The van der Waals surface area contributed by atoms with Gasteiger partial charge in [0.15, 0.2) is 0 Å². The number of carbonyl (C=O) groups is 1. The summed E-state index contributed by atoms with van der Waals surface area (Å²) in [7, 11) is 0. The normalized spacial score (nSPS) is 17.0. The van der Waals surface area contributed by atoms with E-state index in [9.17, 15) is 18.0 Å². The van der Waals surface area contributed by atoms with Gasteiger partial charge in [0.2, 0.25) is 5.91 Å². The smallest absolute Gasteiger partial charge is 0.416 e. The van der Waals surface area contributed by atoms with E-state index >= 15 is 0 Å².